The van der Waals surface area contributed by atoms with Crippen LogP contribution in [0.5, 0.6) is 5.88 Å². The molecule has 1 fully saturated rings. The number of carbonyl (C=O) groups excluding carboxylic acids is 1. The second-order valence-electron chi connectivity index (χ2n) is 8.51. The monoisotopic (exact) mass is 492 g/mol. The molecule has 1 aliphatic heterocycles. The van der Waals surface area contributed by atoms with E-state index in [0.717, 1.165) is 5.69 Å². The third-order valence-corrected chi connectivity index (χ3v) is 7.08. The van der Waals surface area contributed by atoms with E-state index < -0.39 is 9.84 Å². The van der Waals surface area contributed by atoms with E-state index in [2.05, 4.69) is 20.1 Å². The number of benzene rings is 1. The van der Waals surface area contributed by atoms with E-state index in [4.69, 9.17) is 4.74 Å². The first-order valence-corrected chi connectivity index (χ1v) is 13.1. The average molecular weight is 493 g/mol. The van der Waals surface area contributed by atoms with Crippen LogP contribution in [0.2, 0.25) is 0 Å². The van der Waals surface area contributed by atoms with Crippen LogP contribution in [0.1, 0.15) is 29.0 Å². The normalized spacial score (nSPS) is 14.9. The molecule has 5 rings (SSSR count). The first-order valence-electron chi connectivity index (χ1n) is 11.2. The molecule has 11 heteroatoms. The number of amides is 1. The lowest BCUT2D eigenvalue weighted by molar-refractivity contribution is 0.0585. The molecule has 1 aliphatic rings. The van der Waals surface area contributed by atoms with Crippen LogP contribution in [0, 0.1) is 6.92 Å². The molecule has 0 atom stereocenters. The van der Waals surface area contributed by atoms with Gasteiger partial charge in [0.15, 0.2) is 15.5 Å². The highest BCUT2D eigenvalue weighted by Gasteiger charge is 2.26. The van der Waals surface area contributed by atoms with Crippen molar-refractivity contribution in [2.45, 2.75) is 30.8 Å². The Bertz CT molecular complexity index is 1490. The van der Waals surface area contributed by atoms with E-state index >= 15 is 0 Å². The van der Waals surface area contributed by atoms with E-state index in [9.17, 15) is 13.2 Å². The van der Waals surface area contributed by atoms with Crippen LogP contribution in [-0.4, -0.2) is 69.4 Å². The minimum atomic E-state index is -3.28. The van der Waals surface area contributed by atoms with Crippen molar-refractivity contribution >= 4 is 26.8 Å². The largest absolute Gasteiger partial charge is 0.474 e. The average Bonchev–Trinajstić information content (AvgIpc) is 3.29. The molecule has 10 nitrogen and oxygen atoms in total. The Morgan fingerprint density at radius 1 is 1.06 bits per heavy atom. The van der Waals surface area contributed by atoms with Gasteiger partial charge < -0.3 is 9.64 Å². The number of hydrogen-bond acceptors (Lipinski definition) is 8. The van der Waals surface area contributed by atoms with Gasteiger partial charge in [0, 0.05) is 37.9 Å². The van der Waals surface area contributed by atoms with Gasteiger partial charge in [-0.25, -0.2) is 28.1 Å². The zero-order valence-electron chi connectivity index (χ0n) is 19.3. The number of carbonyl (C=O) groups is 1. The molecule has 1 amide bonds. The van der Waals surface area contributed by atoms with Crippen molar-refractivity contribution in [1.82, 2.24) is 29.6 Å². The minimum Gasteiger partial charge on any atom is -0.474 e. The summed E-state index contributed by atoms with van der Waals surface area (Å²) >= 11 is 0. The predicted octanol–water partition coefficient (Wildman–Crippen LogP) is 2.61. The molecule has 0 spiro atoms. The molecule has 0 radical (unpaired) electrons. The van der Waals surface area contributed by atoms with E-state index in [1.54, 1.807) is 34.0 Å². The zero-order valence-corrected chi connectivity index (χ0v) is 20.1. The summed E-state index contributed by atoms with van der Waals surface area (Å²) < 4.78 is 31.3. The molecular formula is C24H24N6O4S. The van der Waals surface area contributed by atoms with Gasteiger partial charge in [-0.3, -0.25) is 4.79 Å². The lowest BCUT2D eigenvalue weighted by Crippen LogP contribution is -2.42. The van der Waals surface area contributed by atoms with Crippen LogP contribution in [0.25, 0.3) is 16.7 Å². The molecule has 0 N–H and O–H groups in total. The van der Waals surface area contributed by atoms with Gasteiger partial charge in [-0.1, -0.05) is 6.07 Å². The lowest BCUT2D eigenvalue weighted by atomic mass is 10.1. The van der Waals surface area contributed by atoms with Gasteiger partial charge in [0.2, 0.25) is 5.88 Å². The van der Waals surface area contributed by atoms with Crippen LogP contribution in [0.15, 0.2) is 59.9 Å². The molecule has 3 aromatic heterocycles. The number of fused-ring (bicyclic) bond motifs is 1. The fourth-order valence-corrected chi connectivity index (χ4v) is 4.73. The van der Waals surface area contributed by atoms with Crippen molar-refractivity contribution in [3.8, 4) is 11.6 Å². The SMILES string of the molecule is Cc1cccc(C(=O)N2CCC(Oc3ncnc4c3cnn4-c3ccc(S(C)(=O)=O)cc3)CC2)n1. The third-order valence-electron chi connectivity index (χ3n) is 5.95. The minimum absolute atomic E-state index is 0.0697. The summed E-state index contributed by atoms with van der Waals surface area (Å²) in [4.78, 5) is 27.8. The van der Waals surface area contributed by atoms with Gasteiger partial charge in [0.05, 0.1) is 16.8 Å². The zero-order chi connectivity index (χ0) is 24.6. The van der Waals surface area contributed by atoms with Gasteiger partial charge in [-0.05, 0) is 43.3 Å². The highest BCUT2D eigenvalue weighted by molar-refractivity contribution is 7.90. The second kappa shape index (κ2) is 9.06. The summed E-state index contributed by atoms with van der Waals surface area (Å²) in [6, 6.07) is 11.9. The molecular weight excluding hydrogens is 468 g/mol. The maximum absolute atomic E-state index is 12.8. The summed E-state index contributed by atoms with van der Waals surface area (Å²) in [5, 5.41) is 5.07. The van der Waals surface area contributed by atoms with E-state index in [1.165, 1.54) is 24.7 Å². The van der Waals surface area contributed by atoms with E-state index in [1.807, 2.05) is 19.1 Å². The van der Waals surface area contributed by atoms with Crippen LogP contribution in [0.4, 0.5) is 0 Å². The summed E-state index contributed by atoms with van der Waals surface area (Å²) in [5.41, 5.74) is 2.50. The molecule has 35 heavy (non-hydrogen) atoms. The molecule has 1 aromatic carbocycles. The highest BCUT2D eigenvalue weighted by Crippen LogP contribution is 2.27. The highest BCUT2D eigenvalue weighted by atomic mass is 32.2. The molecule has 0 aliphatic carbocycles. The summed E-state index contributed by atoms with van der Waals surface area (Å²) in [6.45, 7) is 3.00. The van der Waals surface area contributed by atoms with Crippen LogP contribution in [0.3, 0.4) is 0 Å². The Labute approximate surface area is 202 Å². The lowest BCUT2D eigenvalue weighted by Gasteiger charge is -2.31. The number of piperidine rings is 1. The van der Waals surface area contributed by atoms with Gasteiger partial charge >= 0.3 is 0 Å². The Kier molecular flexibility index (Phi) is 5.93. The number of likely N-dealkylation sites (tertiary alicyclic amines) is 1. The van der Waals surface area contributed by atoms with Gasteiger partial charge in [-0.2, -0.15) is 5.10 Å². The van der Waals surface area contributed by atoms with Gasteiger partial charge in [0.1, 0.15) is 23.5 Å². The van der Waals surface area contributed by atoms with Gasteiger partial charge in [-0.15, -0.1) is 0 Å². The first-order chi connectivity index (χ1) is 16.8. The number of nitrogens with zero attached hydrogens (tertiary/aromatic N) is 6. The molecule has 0 saturated carbocycles. The van der Waals surface area contributed by atoms with Crippen LogP contribution in [-0.2, 0) is 9.84 Å². The van der Waals surface area contributed by atoms with Crippen LogP contribution < -0.4 is 4.74 Å². The Balaban J connectivity index is 1.29. The predicted molar refractivity (Wildman–Crippen MR) is 128 cm³/mol. The number of sulfone groups is 1. The van der Waals surface area contributed by atoms with Gasteiger partial charge in [0.25, 0.3) is 5.91 Å². The summed E-state index contributed by atoms with van der Waals surface area (Å²) in [6.07, 6.45) is 5.47. The smallest absolute Gasteiger partial charge is 0.272 e. The number of aromatic nitrogens is 5. The maximum atomic E-state index is 12.8. The van der Waals surface area contributed by atoms with Crippen molar-refractivity contribution in [2.24, 2.45) is 0 Å². The van der Waals surface area contributed by atoms with E-state index in [0.29, 0.717) is 54.2 Å². The van der Waals surface area contributed by atoms with Crippen molar-refractivity contribution in [2.75, 3.05) is 19.3 Å². The van der Waals surface area contributed by atoms with Crippen LogP contribution >= 0.6 is 0 Å². The molecule has 1 saturated heterocycles. The Morgan fingerprint density at radius 3 is 2.49 bits per heavy atom. The quantitative estimate of drug-likeness (QED) is 0.417. The molecule has 180 valence electrons. The van der Waals surface area contributed by atoms with E-state index in [-0.39, 0.29) is 16.9 Å². The molecule has 0 bridgehead atoms. The first kappa shape index (κ1) is 22.9. The number of aryl methyl sites for hydroxylation is 1. The van der Waals surface area contributed by atoms with Crippen molar-refractivity contribution in [1.29, 1.82) is 0 Å². The maximum Gasteiger partial charge on any atom is 0.272 e. The third kappa shape index (κ3) is 4.72. The number of hydrogen-bond donors (Lipinski definition) is 0. The molecule has 0 unspecified atom stereocenters. The Hall–Kier alpha value is -3.86. The molecule has 4 heterocycles. The fourth-order valence-electron chi connectivity index (χ4n) is 4.10. The van der Waals surface area contributed by atoms with Crippen molar-refractivity contribution < 1.29 is 17.9 Å². The molecule has 4 aromatic rings. The number of pyridine rings is 1. The standard InChI is InChI=1S/C24H24N6O4S/c1-16-4-3-5-21(28-16)24(31)29-12-10-18(11-13-29)34-23-20-14-27-30(22(20)25-15-26-23)17-6-8-19(9-7-17)35(2,32)33/h3-9,14-15,18H,10-13H2,1-2H3. The van der Waals surface area contributed by atoms with Crippen molar-refractivity contribution in [3.63, 3.8) is 0 Å². The summed E-state index contributed by atoms with van der Waals surface area (Å²) in [7, 11) is -3.28. The second-order valence-corrected chi connectivity index (χ2v) is 10.5. The number of ether oxygens (including phenoxy) is 1. The fraction of sp³-hybridized carbons (Fsp3) is 0.292. The topological polar surface area (TPSA) is 120 Å². The number of rotatable bonds is 5. The summed E-state index contributed by atoms with van der Waals surface area (Å²) in [5.74, 6) is 0.360. The van der Waals surface area contributed by atoms with Crippen molar-refractivity contribution in [3.05, 3.63) is 66.4 Å². The Morgan fingerprint density at radius 2 is 1.80 bits per heavy atom.